The van der Waals surface area contributed by atoms with Gasteiger partial charge in [0, 0.05) is 12.2 Å². The lowest BCUT2D eigenvalue weighted by Crippen LogP contribution is -2.15. The number of rotatable bonds is 8. The third-order valence-electron chi connectivity index (χ3n) is 4.50. The molecule has 0 heterocycles. The molecule has 3 aromatic carbocycles. The summed E-state index contributed by atoms with van der Waals surface area (Å²) in [6, 6.07) is 21.1. The Labute approximate surface area is 170 Å². The Bertz CT molecular complexity index is 938. The molecule has 0 saturated carbocycles. The Balaban J connectivity index is 1.64. The summed E-state index contributed by atoms with van der Waals surface area (Å²) in [5.74, 6) is -0.0427. The quantitative estimate of drug-likeness (QED) is 0.601. The van der Waals surface area contributed by atoms with Gasteiger partial charge in [-0.15, -0.1) is 0 Å². The minimum Gasteiger partial charge on any atom is -0.488 e. The zero-order valence-corrected chi connectivity index (χ0v) is 16.7. The van der Waals surface area contributed by atoms with E-state index in [4.69, 9.17) is 4.74 Å². The smallest absolute Gasteiger partial charge is 0.259 e. The maximum atomic E-state index is 13.0. The standard InChI is InChI=1S/C24H25FN2O2/c1-27(2)16-15-18-9-13-21(14-10-18)26-24(28)22-5-3-4-6-23(22)29-17-19-7-11-20(25)12-8-19/h3-14H,15-17H2,1-2H3,(H,26,28). The molecular formula is C24H25FN2O2. The number of halogens is 1. The summed E-state index contributed by atoms with van der Waals surface area (Å²) in [4.78, 5) is 14.9. The first-order valence-electron chi connectivity index (χ1n) is 9.52. The molecular weight excluding hydrogens is 367 g/mol. The number of para-hydroxylation sites is 1. The zero-order valence-electron chi connectivity index (χ0n) is 16.7. The molecule has 4 nitrogen and oxygen atoms in total. The summed E-state index contributed by atoms with van der Waals surface area (Å²) < 4.78 is 18.8. The van der Waals surface area contributed by atoms with Gasteiger partial charge in [-0.1, -0.05) is 36.4 Å². The van der Waals surface area contributed by atoms with Crippen LogP contribution in [0, 0.1) is 5.82 Å². The molecule has 3 rings (SSSR count). The third-order valence-corrected chi connectivity index (χ3v) is 4.50. The molecule has 0 unspecified atom stereocenters. The SMILES string of the molecule is CN(C)CCc1ccc(NC(=O)c2ccccc2OCc2ccc(F)cc2)cc1. The Kier molecular flexibility index (Phi) is 6.98. The molecule has 1 amide bonds. The van der Waals surface area contributed by atoms with Crippen LogP contribution in [0.15, 0.2) is 72.8 Å². The highest BCUT2D eigenvalue weighted by Gasteiger charge is 2.12. The van der Waals surface area contributed by atoms with E-state index in [1.54, 1.807) is 30.3 Å². The molecule has 0 atom stereocenters. The first-order chi connectivity index (χ1) is 14.0. The summed E-state index contributed by atoms with van der Waals surface area (Å²) >= 11 is 0. The highest BCUT2D eigenvalue weighted by molar-refractivity contribution is 6.06. The van der Waals surface area contributed by atoms with Crippen LogP contribution < -0.4 is 10.1 Å². The van der Waals surface area contributed by atoms with Crippen molar-refractivity contribution in [1.82, 2.24) is 4.90 Å². The molecule has 0 aliphatic carbocycles. The van der Waals surface area contributed by atoms with Gasteiger partial charge in [0.05, 0.1) is 5.56 Å². The van der Waals surface area contributed by atoms with E-state index < -0.39 is 0 Å². The number of hydrogen-bond acceptors (Lipinski definition) is 3. The summed E-state index contributed by atoms with van der Waals surface area (Å²) in [6.07, 6.45) is 0.960. The number of likely N-dealkylation sites (N-methyl/N-ethyl adjacent to an activating group) is 1. The van der Waals surface area contributed by atoms with Crippen molar-refractivity contribution in [2.75, 3.05) is 26.0 Å². The molecule has 0 bridgehead atoms. The van der Waals surface area contributed by atoms with Gasteiger partial charge in [0.2, 0.25) is 0 Å². The maximum Gasteiger partial charge on any atom is 0.259 e. The second-order valence-corrected chi connectivity index (χ2v) is 7.12. The molecule has 29 heavy (non-hydrogen) atoms. The molecule has 3 aromatic rings. The minimum absolute atomic E-state index is 0.235. The fourth-order valence-corrected chi connectivity index (χ4v) is 2.83. The predicted octanol–water partition coefficient (Wildman–Crippen LogP) is 4.76. The Hall–Kier alpha value is -3.18. The molecule has 0 spiro atoms. The van der Waals surface area contributed by atoms with Crippen LogP contribution in [0.4, 0.5) is 10.1 Å². The van der Waals surface area contributed by atoms with E-state index in [0.717, 1.165) is 24.2 Å². The van der Waals surface area contributed by atoms with E-state index in [9.17, 15) is 9.18 Å². The summed E-state index contributed by atoms with van der Waals surface area (Å²) in [5.41, 5.74) is 3.23. The van der Waals surface area contributed by atoms with Crippen molar-refractivity contribution in [2.45, 2.75) is 13.0 Å². The first-order valence-corrected chi connectivity index (χ1v) is 9.52. The number of nitrogens with one attached hydrogen (secondary N) is 1. The Morgan fingerprint density at radius 2 is 1.59 bits per heavy atom. The highest BCUT2D eigenvalue weighted by atomic mass is 19.1. The van der Waals surface area contributed by atoms with Crippen LogP contribution in [0.1, 0.15) is 21.5 Å². The molecule has 1 N–H and O–H groups in total. The summed E-state index contributed by atoms with van der Waals surface area (Å²) in [5, 5.41) is 2.92. The molecule has 0 aliphatic rings. The van der Waals surface area contributed by atoms with Gasteiger partial charge in [0.1, 0.15) is 18.2 Å². The maximum absolute atomic E-state index is 13.0. The van der Waals surface area contributed by atoms with Crippen molar-refractivity contribution >= 4 is 11.6 Å². The van der Waals surface area contributed by atoms with E-state index >= 15 is 0 Å². The fraction of sp³-hybridized carbons (Fsp3) is 0.208. The van der Waals surface area contributed by atoms with Crippen LogP contribution in [0.3, 0.4) is 0 Å². The van der Waals surface area contributed by atoms with Crippen LogP contribution in [-0.4, -0.2) is 31.4 Å². The first kappa shape index (κ1) is 20.6. The van der Waals surface area contributed by atoms with Gasteiger partial charge in [0.25, 0.3) is 5.91 Å². The van der Waals surface area contributed by atoms with Gasteiger partial charge in [-0.2, -0.15) is 0 Å². The number of carbonyl (C=O) groups is 1. The highest BCUT2D eigenvalue weighted by Crippen LogP contribution is 2.21. The van der Waals surface area contributed by atoms with Gasteiger partial charge >= 0.3 is 0 Å². The number of carbonyl (C=O) groups excluding carboxylic acids is 1. The van der Waals surface area contributed by atoms with Crippen LogP contribution in [0.25, 0.3) is 0 Å². The van der Waals surface area contributed by atoms with Gasteiger partial charge in [-0.3, -0.25) is 4.79 Å². The number of benzene rings is 3. The van der Waals surface area contributed by atoms with Crippen molar-refractivity contribution in [1.29, 1.82) is 0 Å². The van der Waals surface area contributed by atoms with Gasteiger partial charge < -0.3 is 15.0 Å². The lowest BCUT2D eigenvalue weighted by Gasteiger charge is -2.13. The van der Waals surface area contributed by atoms with Crippen molar-refractivity contribution in [3.05, 3.63) is 95.3 Å². The van der Waals surface area contributed by atoms with Crippen LogP contribution in [-0.2, 0) is 13.0 Å². The number of nitrogens with zero attached hydrogens (tertiary/aromatic N) is 1. The molecule has 0 aromatic heterocycles. The molecule has 150 valence electrons. The van der Waals surface area contributed by atoms with E-state index in [1.807, 2.05) is 44.4 Å². The van der Waals surface area contributed by atoms with Gasteiger partial charge in [-0.05, 0) is 68.0 Å². The topological polar surface area (TPSA) is 41.6 Å². The molecule has 0 fully saturated rings. The lowest BCUT2D eigenvalue weighted by molar-refractivity contribution is 0.102. The number of ether oxygens (including phenoxy) is 1. The largest absolute Gasteiger partial charge is 0.488 e. The monoisotopic (exact) mass is 392 g/mol. The van der Waals surface area contributed by atoms with E-state index in [2.05, 4.69) is 10.2 Å². The number of anilines is 1. The normalized spacial score (nSPS) is 10.8. The zero-order chi connectivity index (χ0) is 20.6. The lowest BCUT2D eigenvalue weighted by atomic mass is 10.1. The van der Waals surface area contributed by atoms with Crippen LogP contribution in [0.5, 0.6) is 5.75 Å². The fourth-order valence-electron chi connectivity index (χ4n) is 2.83. The van der Waals surface area contributed by atoms with E-state index in [-0.39, 0.29) is 18.3 Å². The Morgan fingerprint density at radius 3 is 2.28 bits per heavy atom. The van der Waals surface area contributed by atoms with Gasteiger partial charge in [0.15, 0.2) is 0 Å². The van der Waals surface area contributed by atoms with E-state index in [1.165, 1.54) is 17.7 Å². The molecule has 5 heteroatoms. The summed E-state index contributed by atoms with van der Waals surface area (Å²) in [6.45, 7) is 1.23. The van der Waals surface area contributed by atoms with Crippen LogP contribution >= 0.6 is 0 Å². The molecule has 0 saturated heterocycles. The number of amides is 1. The van der Waals surface area contributed by atoms with Crippen molar-refractivity contribution in [3.8, 4) is 5.75 Å². The minimum atomic E-state index is -0.290. The Morgan fingerprint density at radius 1 is 0.931 bits per heavy atom. The van der Waals surface area contributed by atoms with Crippen LogP contribution in [0.2, 0.25) is 0 Å². The third kappa shape index (κ3) is 6.16. The predicted molar refractivity (Wildman–Crippen MR) is 114 cm³/mol. The molecule has 0 aliphatic heterocycles. The van der Waals surface area contributed by atoms with Crippen molar-refractivity contribution in [3.63, 3.8) is 0 Å². The number of hydrogen-bond donors (Lipinski definition) is 1. The average molecular weight is 392 g/mol. The average Bonchev–Trinajstić information content (AvgIpc) is 2.73. The van der Waals surface area contributed by atoms with Crippen molar-refractivity contribution < 1.29 is 13.9 Å². The molecule has 0 radical (unpaired) electrons. The van der Waals surface area contributed by atoms with Crippen molar-refractivity contribution in [2.24, 2.45) is 0 Å². The van der Waals surface area contributed by atoms with E-state index in [0.29, 0.717) is 11.3 Å². The second kappa shape index (κ2) is 9.85. The second-order valence-electron chi connectivity index (χ2n) is 7.12. The summed E-state index contributed by atoms with van der Waals surface area (Å²) in [7, 11) is 4.09. The van der Waals surface area contributed by atoms with Gasteiger partial charge in [-0.25, -0.2) is 4.39 Å².